The molecule has 0 saturated carbocycles. The average molecular weight is 452 g/mol. The highest BCUT2D eigenvalue weighted by Gasteiger charge is 2.31. The van der Waals surface area contributed by atoms with Gasteiger partial charge in [0, 0.05) is 20.9 Å². The maximum Gasteiger partial charge on any atom is 0.573 e. The van der Waals surface area contributed by atoms with E-state index < -0.39 is 6.36 Å². The van der Waals surface area contributed by atoms with Gasteiger partial charge in [-0.1, -0.05) is 69.4 Å². The highest BCUT2D eigenvalue weighted by molar-refractivity contribution is 8.02. The second-order valence-electron chi connectivity index (χ2n) is 6.25. The summed E-state index contributed by atoms with van der Waals surface area (Å²) in [5.41, 5.74) is 1.24. The van der Waals surface area contributed by atoms with E-state index in [1.807, 2.05) is 38.1 Å². The number of hydrogen-bond donors (Lipinski definition) is 0. The molecule has 0 aliphatic rings. The number of rotatable bonds is 6. The summed E-state index contributed by atoms with van der Waals surface area (Å²) < 4.78 is 41.9. The van der Waals surface area contributed by atoms with Crippen LogP contribution in [0.15, 0.2) is 86.6 Å². The van der Waals surface area contributed by atoms with E-state index in [-0.39, 0.29) is 5.75 Å². The summed E-state index contributed by atoms with van der Waals surface area (Å²) in [5.74, 6) is 0.193. The Labute approximate surface area is 184 Å². The van der Waals surface area contributed by atoms with E-state index in [2.05, 4.69) is 35.7 Å². The molecule has 30 heavy (non-hydrogen) atoms. The first-order valence-electron chi connectivity index (χ1n) is 9.56. The molecule has 0 saturated heterocycles. The van der Waals surface area contributed by atoms with E-state index in [0.717, 1.165) is 9.79 Å². The predicted octanol–water partition coefficient (Wildman–Crippen LogP) is 8.43. The number of halogens is 3. The van der Waals surface area contributed by atoms with Crippen LogP contribution in [0, 0.1) is 0 Å². The summed E-state index contributed by atoms with van der Waals surface area (Å²) in [6.45, 7) is 8.26. The minimum atomic E-state index is -4.73. The molecule has 0 bridgehead atoms. The second-order valence-corrected chi connectivity index (χ2v) is 8.43. The Morgan fingerprint density at radius 1 is 0.867 bits per heavy atom. The maximum absolute atomic E-state index is 12.6. The van der Waals surface area contributed by atoms with Gasteiger partial charge in [0.2, 0.25) is 0 Å². The minimum Gasteiger partial charge on any atom is -0.406 e. The number of hydrogen-bond acceptors (Lipinski definition) is 4. The van der Waals surface area contributed by atoms with Crippen molar-refractivity contribution in [1.29, 1.82) is 0 Å². The lowest BCUT2D eigenvalue weighted by Crippen LogP contribution is -2.17. The molecule has 160 valence electrons. The third kappa shape index (κ3) is 7.61. The molecule has 0 radical (unpaired) electrons. The molecule has 0 unspecified atom stereocenters. The van der Waals surface area contributed by atoms with Gasteiger partial charge in [-0.2, -0.15) is 0 Å². The van der Waals surface area contributed by atoms with E-state index >= 15 is 0 Å². The quantitative estimate of drug-likeness (QED) is 0.375. The molecule has 0 aliphatic carbocycles. The predicted molar refractivity (Wildman–Crippen MR) is 117 cm³/mol. The summed E-state index contributed by atoms with van der Waals surface area (Å²) in [6, 6.07) is 18.0. The van der Waals surface area contributed by atoms with Crippen LogP contribution in [-0.4, -0.2) is 11.3 Å². The molecule has 3 rings (SSSR count). The third-order valence-electron chi connectivity index (χ3n) is 3.78. The molecule has 1 aromatic heterocycles. The van der Waals surface area contributed by atoms with Gasteiger partial charge in [0.1, 0.15) is 10.8 Å². The van der Waals surface area contributed by atoms with Crippen LogP contribution in [-0.2, 0) is 0 Å². The first-order valence-corrected chi connectivity index (χ1v) is 11.2. The smallest absolute Gasteiger partial charge is 0.406 e. The molecule has 0 spiro atoms. The topological polar surface area (TPSA) is 22.1 Å². The lowest BCUT2D eigenvalue weighted by atomic mass is 10.0. The molecule has 7 heteroatoms. The summed E-state index contributed by atoms with van der Waals surface area (Å²) in [4.78, 5) is 6.75. The standard InChI is InChI=1S/C21H18F3NOS2.C2H6/c1-14(2)15-6-9-17(10-7-15)27-18-11-8-16(26-21(22,23)24)13-19(18)28-20-5-3-4-12-25-20;1-2/h3-14H,1-2H3;1-2H3. The Bertz CT molecular complexity index is 914. The van der Waals surface area contributed by atoms with Crippen molar-refractivity contribution in [2.75, 3.05) is 0 Å². The van der Waals surface area contributed by atoms with Gasteiger partial charge in [0.05, 0.1) is 0 Å². The Hall–Kier alpha value is -2.12. The normalized spacial score (nSPS) is 11.1. The SMILES string of the molecule is CC.CC(C)c1ccc(Sc2ccc(OC(F)(F)F)cc2Sc2ccccn2)cc1. The average Bonchev–Trinajstić information content (AvgIpc) is 2.71. The maximum atomic E-state index is 12.6. The monoisotopic (exact) mass is 451 g/mol. The van der Waals surface area contributed by atoms with Gasteiger partial charge in [-0.25, -0.2) is 4.98 Å². The van der Waals surface area contributed by atoms with Crippen LogP contribution < -0.4 is 4.74 Å². The second kappa shape index (κ2) is 11.3. The van der Waals surface area contributed by atoms with E-state index in [4.69, 9.17) is 0 Å². The Morgan fingerprint density at radius 3 is 2.13 bits per heavy atom. The van der Waals surface area contributed by atoms with E-state index in [1.165, 1.54) is 41.2 Å². The fraction of sp³-hybridized carbons (Fsp3) is 0.261. The Kier molecular flexibility index (Phi) is 9.11. The lowest BCUT2D eigenvalue weighted by Gasteiger charge is -2.13. The van der Waals surface area contributed by atoms with Gasteiger partial charge < -0.3 is 4.74 Å². The highest BCUT2D eigenvalue weighted by atomic mass is 32.2. The fourth-order valence-corrected chi connectivity index (χ4v) is 4.32. The van der Waals surface area contributed by atoms with Crippen molar-refractivity contribution in [3.8, 4) is 5.75 Å². The van der Waals surface area contributed by atoms with E-state index in [0.29, 0.717) is 15.8 Å². The first kappa shape index (κ1) is 24.2. The van der Waals surface area contributed by atoms with Crippen molar-refractivity contribution < 1.29 is 17.9 Å². The van der Waals surface area contributed by atoms with Crippen molar-refractivity contribution >= 4 is 23.5 Å². The molecule has 0 fully saturated rings. The van der Waals surface area contributed by atoms with Gasteiger partial charge in [-0.15, -0.1) is 13.2 Å². The lowest BCUT2D eigenvalue weighted by molar-refractivity contribution is -0.274. The number of aromatic nitrogens is 1. The largest absolute Gasteiger partial charge is 0.573 e. The zero-order chi connectivity index (χ0) is 22.1. The van der Waals surface area contributed by atoms with Gasteiger partial charge >= 0.3 is 6.36 Å². The third-order valence-corrected chi connectivity index (χ3v) is 6.00. The van der Waals surface area contributed by atoms with Crippen LogP contribution in [0.1, 0.15) is 39.2 Å². The van der Waals surface area contributed by atoms with Crippen LogP contribution in [0.4, 0.5) is 13.2 Å². The summed E-state index contributed by atoms with van der Waals surface area (Å²) in [6.07, 6.45) is -3.08. The minimum absolute atomic E-state index is 0.245. The van der Waals surface area contributed by atoms with E-state index in [9.17, 15) is 13.2 Å². The number of nitrogens with zero attached hydrogens (tertiary/aromatic N) is 1. The molecule has 1 heterocycles. The number of alkyl halides is 3. The van der Waals surface area contributed by atoms with Crippen molar-refractivity contribution in [3.05, 3.63) is 72.4 Å². The number of pyridine rings is 1. The highest BCUT2D eigenvalue weighted by Crippen LogP contribution is 2.41. The summed E-state index contributed by atoms with van der Waals surface area (Å²) >= 11 is 2.80. The fourth-order valence-electron chi connectivity index (χ4n) is 2.42. The molecule has 0 aliphatic heterocycles. The van der Waals surface area contributed by atoms with Crippen molar-refractivity contribution in [1.82, 2.24) is 4.98 Å². The molecule has 2 aromatic carbocycles. The summed E-state index contributed by atoms with van der Waals surface area (Å²) in [7, 11) is 0. The zero-order valence-electron chi connectivity index (χ0n) is 17.2. The molecule has 0 atom stereocenters. The van der Waals surface area contributed by atoms with Crippen LogP contribution in [0.25, 0.3) is 0 Å². The number of benzene rings is 2. The number of ether oxygens (including phenoxy) is 1. The van der Waals surface area contributed by atoms with Crippen LogP contribution in [0.3, 0.4) is 0 Å². The van der Waals surface area contributed by atoms with Gasteiger partial charge in [-0.3, -0.25) is 0 Å². The molecular weight excluding hydrogens is 427 g/mol. The Balaban J connectivity index is 0.00000155. The summed E-state index contributed by atoms with van der Waals surface area (Å²) in [5, 5.41) is 0.698. The van der Waals surface area contributed by atoms with Crippen molar-refractivity contribution in [2.45, 2.75) is 59.7 Å². The zero-order valence-corrected chi connectivity index (χ0v) is 18.9. The molecule has 3 aromatic rings. The molecule has 2 nitrogen and oxygen atoms in total. The van der Waals surface area contributed by atoms with Crippen molar-refractivity contribution in [2.24, 2.45) is 0 Å². The van der Waals surface area contributed by atoms with Crippen LogP contribution >= 0.6 is 23.5 Å². The molecular formula is C23H24F3NOS2. The van der Waals surface area contributed by atoms with Gasteiger partial charge in [0.25, 0.3) is 0 Å². The first-order chi connectivity index (χ1) is 14.3. The molecule has 0 N–H and O–H groups in total. The van der Waals surface area contributed by atoms with Gasteiger partial charge in [0.15, 0.2) is 0 Å². The van der Waals surface area contributed by atoms with E-state index in [1.54, 1.807) is 18.3 Å². The van der Waals surface area contributed by atoms with Crippen LogP contribution in [0.5, 0.6) is 5.75 Å². The van der Waals surface area contributed by atoms with Crippen molar-refractivity contribution in [3.63, 3.8) is 0 Å². The van der Waals surface area contributed by atoms with Gasteiger partial charge in [-0.05, 0) is 53.9 Å². The Morgan fingerprint density at radius 2 is 1.57 bits per heavy atom. The molecule has 0 amide bonds. The van der Waals surface area contributed by atoms with Crippen LogP contribution in [0.2, 0.25) is 0 Å².